The van der Waals surface area contributed by atoms with Crippen LogP contribution < -0.4 is 10.6 Å². The lowest BCUT2D eigenvalue weighted by Crippen LogP contribution is -2.53. The van der Waals surface area contributed by atoms with Gasteiger partial charge in [-0.3, -0.25) is 19.2 Å². The third-order valence-electron chi connectivity index (χ3n) is 6.00. The van der Waals surface area contributed by atoms with Crippen molar-refractivity contribution < 1.29 is 29.4 Å². The number of amides is 2. The number of carboxylic acid groups (broad SMARTS) is 2. The molecule has 0 fully saturated rings. The maximum absolute atomic E-state index is 12.9. The van der Waals surface area contributed by atoms with Crippen LogP contribution in [0.5, 0.6) is 0 Å². The van der Waals surface area contributed by atoms with Crippen molar-refractivity contribution in [3.63, 3.8) is 0 Å². The predicted molar refractivity (Wildman–Crippen MR) is 144 cm³/mol. The third-order valence-corrected chi connectivity index (χ3v) is 6.00. The first-order valence-electron chi connectivity index (χ1n) is 12.6. The Morgan fingerprint density at radius 2 is 1.31 bits per heavy atom. The molecule has 0 rings (SSSR count). The fourth-order valence-corrected chi connectivity index (χ4v) is 4.13. The molecular formula is C28H52N2O6. The number of hydrogen-bond acceptors (Lipinski definition) is 4. The van der Waals surface area contributed by atoms with E-state index in [-0.39, 0.29) is 54.0 Å². The average Bonchev–Trinajstić information content (AvgIpc) is 2.65. The van der Waals surface area contributed by atoms with E-state index in [1.54, 1.807) is 0 Å². The Morgan fingerprint density at radius 1 is 0.833 bits per heavy atom. The van der Waals surface area contributed by atoms with Crippen LogP contribution in [0.15, 0.2) is 12.7 Å². The quantitative estimate of drug-likeness (QED) is 0.224. The highest BCUT2D eigenvalue weighted by molar-refractivity contribution is 5.88. The lowest BCUT2D eigenvalue weighted by atomic mass is 9.58. The summed E-state index contributed by atoms with van der Waals surface area (Å²) >= 11 is 0. The maximum atomic E-state index is 12.9. The van der Waals surface area contributed by atoms with E-state index >= 15 is 0 Å². The Bertz CT molecular complexity index is 753. The van der Waals surface area contributed by atoms with E-state index in [1.807, 2.05) is 55.4 Å². The van der Waals surface area contributed by atoms with Crippen molar-refractivity contribution in [2.75, 3.05) is 13.1 Å². The van der Waals surface area contributed by atoms with Gasteiger partial charge in [0.2, 0.25) is 11.8 Å². The van der Waals surface area contributed by atoms with Crippen LogP contribution in [-0.4, -0.2) is 47.1 Å². The number of aliphatic carboxylic acids is 2. The highest BCUT2D eigenvalue weighted by Crippen LogP contribution is 2.49. The highest BCUT2D eigenvalue weighted by atomic mass is 16.4. The Hall–Kier alpha value is -2.38. The van der Waals surface area contributed by atoms with E-state index < -0.39 is 22.8 Å². The molecule has 2 atom stereocenters. The monoisotopic (exact) mass is 512 g/mol. The van der Waals surface area contributed by atoms with Crippen LogP contribution in [0.3, 0.4) is 0 Å². The molecule has 0 radical (unpaired) electrons. The minimum Gasteiger partial charge on any atom is -0.481 e. The summed E-state index contributed by atoms with van der Waals surface area (Å²) in [5.74, 6) is -2.25. The van der Waals surface area contributed by atoms with Gasteiger partial charge < -0.3 is 20.8 Å². The summed E-state index contributed by atoms with van der Waals surface area (Å²) in [6.07, 6.45) is 2.12. The number of carboxylic acids is 2. The van der Waals surface area contributed by atoms with Crippen LogP contribution in [0, 0.1) is 33.5 Å². The number of rotatable bonds is 11. The molecule has 8 nitrogen and oxygen atoms in total. The molecule has 210 valence electrons. The molecule has 2 amide bonds. The molecule has 0 saturated carbocycles. The van der Waals surface area contributed by atoms with E-state index in [9.17, 15) is 24.3 Å². The van der Waals surface area contributed by atoms with Crippen molar-refractivity contribution in [1.82, 2.24) is 10.6 Å². The van der Waals surface area contributed by atoms with Crippen molar-refractivity contribution in [2.45, 2.75) is 95.4 Å². The molecular weight excluding hydrogens is 460 g/mol. The normalized spacial score (nSPS) is 14.6. The SMILES string of the molecule is C=CC(=O)NCCNC(=O)C(CC(=O)O)(CC(C)(C)C)C(C)(C)C.CC(C)C(CC(C)(C)C)C(=O)O. The van der Waals surface area contributed by atoms with E-state index in [2.05, 4.69) is 38.0 Å². The first-order valence-corrected chi connectivity index (χ1v) is 12.6. The standard InChI is InChI=1S/C18H32N2O4.C10H20O2/c1-8-13(21)19-9-10-20-15(24)18(11-14(22)23,17(5,6)7)12-16(2,3)4;1-7(2)8(9(11)12)6-10(3,4)5/h8H,1,9-12H2,2-7H3,(H,19,21)(H,20,24)(H,22,23);7-8H,6H2,1-5H3,(H,11,12). The van der Waals surface area contributed by atoms with E-state index in [1.165, 1.54) is 0 Å². The number of carbonyl (C=O) groups excluding carboxylic acids is 2. The molecule has 0 aliphatic heterocycles. The Labute approximate surface area is 218 Å². The zero-order chi connectivity index (χ0) is 29.1. The molecule has 0 saturated heterocycles. The molecule has 0 bridgehead atoms. The van der Waals surface area contributed by atoms with Gasteiger partial charge in [-0.05, 0) is 41.1 Å². The Kier molecular flexibility index (Phi) is 14.3. The lowest BCUT2D eigenvalue weighted by Gasteiger charge is -2.46. The van der Waals surface area contributed by atoms with Gasteiger partial charge in [-0.1, -0.05) is 82.7 Å². The van der Waals surface area contributed by atoms with Gasteiger partial charge in [0, 0.05) is 13.1 Å². The first kappa shape index (κ1) is 35.8. The van der Waals surface area contributed by atoms with E-state index in [4.69, 9.17) is 5.11 Å². The van der Waals surface area contributed by atoms with Gasteiger partial charge in [-0.2, -0.15) is 0 Å². The number of nitrogens with one attached hydrogen (secondary N) is 2. The van der Waals surface area contributed by atoms with Crippen molar-refractivity contribution >= 4 is 23.8 Å². The zero-order valence-electron chi connectivity index (χ0n) is 24.5. The van der Waals surface area contributed by atoms with Gasteiger partial charge in [0.15, 0.2) is 0 Å². The molecule has 0 aromatic carbocycles. The molecule has 0 spiro atoms. The second kappa shape index (κ2) is 14.4. The summed E-state index contributed by atoms with van der Waals surface area (Å²) in [4.78, 5) is 46.3. The predicted octanol–water partition coefficient (Wildman–Crippen LogP) is 5.13. The minimum atomic E-state index is -1.04. The largest absolute Gasteiger partial charge is 0.481 e. The molecule has 2 unspecified atom stereocenters. The molecule has 4 N–H and O–H groups in total. The van der Waals surface area contributed by atoms with Crippen molar-refractivity contribution in [3.8, 4) is 0 Å². The van der Waals surface area contributed by atoms with E-state index in [0.717, 1.165) is 12.5 Å². The lowest BCUT2D eigenvalue weighted by molar-refractivity contribution is -0.153. The average molecular weight is 513 g/mol. The van der Waals surface area contributed by atoms with Crippen molar-refractivity contribution in [2.24, 2.45) is 33.5 Å². The minimum absolute atomic E-state index is 0.104. The summed E-state index contributed by atoms with van der Waals surface area (Å²) in [6, 6.07) is 0. The Balaban J connectivity index is 0. The van der Waals surface area contributed by atoms with Crippen molar-refractivity contribution in [3.05, 3.63) is 12.7 Å². The van der Waals surface area contributed by atoms with Crippen LogP contribution in [0.2, 0.25) is 0 Å². The zero-order valence-corrected chi connectivity index (χ0v) is 24.5. The highest BCUT2D eigenvalue weighted by Gasteiger charge is 2.51. The smallest absolute Gasteiger partial charge is 0.306 e. The van der Waals surface area contributed by atoms with Crippen LogP contribution >= 0.6 is 0 Å². The summed E-state index contributed by atoms with van der Waals surface area (Å²) in [6.45, 7) is 25.7. The number of hydrogen-bond donors (Lipinski definition) is 4. The topological polar surface area (TPSA) is 133 Å². The molecule has 8 heteroatoms. The Morgan fingerprint density at radius 3 is 1.58 bits per heavy atom. The van der Waals surface area contributed by atoms with Crippen LogP contribution in [0.1, 0.15) is 95.4 Å². The molecule has 0 heterocycles. The summed E-state index contributed by atoms with van der Waals surface area (Å²) in [7, 11) is 0. The van der Waals surface area contributed by atoms with Gasteiger partial charge in [-0.25, -0.2) is 0 Å². The molecule has 0 aliphatic carbocycles. The van der Waals surface area contributed by atoms with Crippen LogP contribution in [0.4, 0.5) is 0 Å². The number of carbonyl (C=O) groups is 4. The molecule has 36 heavy (non-hydrogen) atoms. The maximum Gasteiger partial charge on any atom is 0.306 e. The van der Waals surface area contributed by atoms with E-state index in [0.29, 0.717) is 6.42 Å². The van der Waals surface area contributed by atoms with Crippen molar-refractivity contribution in [1.29, 1.82) is 0 Å². The molecule has 0 aliphatic rings. The second-order valence-corrected chi connectivity index (χ2v) is 13.3. The van der Waals surface area contributed by atoms with Gasteiger partial charge >= 0.3 is 11.9 Å². The second-order valence-electron chi connectivity index (χ2n) is 13.3. The molecule has 0 aromatic rings. The van der Waals surface area contributed by atoms with Gasteiger partial charge in [0.1, 0.15) is 0 Å². The first-order chi connectivity index (χ1) is 16.0. The van der Waals surface area contributed by atoms with Crippen LogP contribution in [-0.2, 0) is 19.2 Å². The fraction of sp³-hybridized carbons (Fsp3) is 0.786. The summed E-state index contributed by atoms with van der Waals surface area (Å²) in [5, 5.41) is 23.7. The summed E-state index contributed by atoms with van der Waals surface area (Å²) < 4.78 is 0. The third kappa shape index (κ3) is 14.2. The molecule has 0 aromatic heterocycles. The van der Waals surface area contributed by atoms with Gasteiger partial charge in [0.25, 0.3) is 0 Å². The summed E-state index contributed by atoms with van der Waals surface area (Å²) in [5.41, 5.74) is -1.68. The van der Waals surface area contributed by atoms with Crippen LogP contribution in [0.25, 0.3) is 0 Å². The fourth-order valence-electron chi connectivity index (χ4n) is 4.13. The van der Waals surface area contributed by atoms with Gasteiger partial charge in [-0.15, -0.1) is 0 Å². The van der Waals surface area contributed by atoms with Gasteiger partial charge in [0.05, 0.1) is 17.8 Å².